The highest BCUT2D eigenvalue weighted by Crippen LogP contribution is 2.37. The van der Waals surface area contributed by atoms with E-state index in [1.54, 1.807) is 0 Å². The molecule has 0 saturated carbocycles. The largest absolute Gasteiger partial charge is 0.310 e. The van der Waals surface area contributed by atoms with Crippen molar-refractivity contribution in [2.45, 2.75) is 0 Å². The van der Waals surface area contributed by atoms with E-state index in [0.29, 0.717) is 0 Å². The van der Waals surface area contributed by atoms with Crippen molar-refractivity contribution in [2.24, 2.45) is 0 Å². The van der Waals surface area contributed by atoms with Crippen LogP contribution in [0.3, 0.4) is 0 Å². The number of fused-ring (bicyclic) bond motifs is 1. The molecule has 0 heterocycles. The van der Waals surface area contributed by atoms with Crippen LogP contribution in [0.25, 0.3) is 47.2 Å². The highest BCUT2D eigenvalue weighted by atomic mass is 15.1. The molecule has 0 aliphatic rings. The molecule has 0 saturated heterocycles. The molecule has 0 N–H and O–H groups in total. The minimum absolute atomic E-state index is 1.11. The van der Waals surface area contributed by atoms with E-state index in [-0.39, 0.29) is 0 Å². The SMILES string of the molecule is C(=Cc1ccc(N(c2ccc(C=Cc3ccccc3)cc2)c2ccc3cc(C=Cc4ccccc4)ccc3c2)cc1)c1ccccc1. The average molecular weight is 602 g/mol. The van der Waals surface area contributed by atoms with E-state index >= 15 is 0 Å². The van der Waals surface area contributed by atoms with Crippen LogP contribution in [0.1, 0.15) is 33.4 Å². The third-order valence-corrected chi connectivity index (χ3v) is 8.21. The van der Waals surface area contributed by atoms with Crippen molar-refractivity contribution in [1.82, 2.24) is 0 Å². The van der Waals surface area contributed by atoms with Crippen molar-refractivity contribution in [2.75, 3.05) is 4.90 Å². The first kappa shape index (κ1) is 29.5. The zero-order valence-corrected chi connectivity index (χ0v) is 26.2. The fourth-order valence-corrected chi connectivity index (χ4v) is 5.68. The molecule has 0 unspecified atom stereocenters. The second-order valence-electron chi connectivity index (χ2n) is 11.5. The van der Waals surface area contributed by atoms with Crippen LogP contribution in [-0.2, 0) is 0 Å². The molecular formula is C46H35N. The molecule has 0 amide bonds. The van der Waals surface area contributed by atoms with Gasteiger partial charge in [-0.15, -0.1) is 0 Å². The number of hydrogen-bond acceptors (Lipinski definition) is 1. The highest BCUT2D eigenvalue weighted by molar-refractivity contribution is 5.91. The fraction of sp³-hybridized carbons (Fsp3) is 0. The van der Waals surface area contributed by atoms with Crippen LogP contribution in [0, 0.1) is 0 Å². The Morgan fingerprint density at radius 3 is 1.02 bits per heavy atom. The molecule has 1 heteroatoms. The first-order valence-corrected chi connectivity index (χ1v) is 16.0. The van der Waals surface area contributed by atoms with Crippen LogP contribution in [0.15, 0.2) is 176 Å². The van der Waals surface area contributed by atoms with E-state index < -0.39 is 0 Å². The summed E-state index contributed by atoms with van der Waals surface area (Å²) in [6.07, 6.45) is 13.0. The van der Waals surface area contributed by atoms with Crippen molar-refractivity contribution in [1.29, 1.82) is 0 Å². The van der Waals surface area contributed by atoms with Gasteiger partial charge in [-0.05, 0) is 86.6 Å². The molecule has 0 aliphatic carbocycles. The zero-order valence-electron chi connectivity index (χ0n) is 26.2. The molecular weight excluding hydrogens is 567 g/mol. The molecule has 1 nitrogen and oxygen atoms in total. The summed E-state index contributed by atoms with van der Waals surface area (Å²) < 4.78 is 0. The molecule has 7 aromatic rings. The lowest BCUT2D eigenvalue weighted by molar-refractivity contribution is 1.29. The molecule has 0 radical (unpaired) electrons. The van der Waals surface area contributed by atoms with Gasteiger partial charge in [0.2, 0.25) is 0 Å². The standard InChI is InChI=1S/C46H35N/c1-4-10-36(11-5-1)16-18-39-23-29-44(30-24-39)47(45-31-25-40(26-32-45)19-17-37-12-6-2-7-13-37)46-33-28-42-34-41(22-27-43(42)35-46)21-20-38-14-8-3-9-15-38/h1-35H. The van der Waals surface area contributed by atoms with Crippen molar-refractivity contribution in [3.63, 3.8) is 0 Å². The Morgan fingerprint density at radius 1 is 0.255 bits per heavy atom. The Morgan fingerprint density at radius 2 is 0.574 bits per heavy atom. The minimum Gasteiger partial charge on any atom is -0.310 e. The van der Waals surface area contributed by atoms with Crippen molar-refractivity contribution in [3.8, 4) is 0 Å². The van der Waals surface area contributed by atoms with Gasteiger partial charge in [-0.1, -0.05) is 170 Å². The van der Waals surface area contributed by atoms with E-state index in [2.05, 4.69) is 199 Å². The maximum Gasteiger partial charge on any atom is 0.0468 e. The Bertz CT molecular complexity index is 2050. The van der Waals surface area contributed by atoms with E-state index in [4.69, 9.17) is 0 Å². The third-order valence-electron chi connectivity index (χ3n) is 8.21. The van der Waals surface area contributed by atoms with Crippen molar-refractivity contribution in [3.05, 3.63) is 209 Å². The Kier molecular flexibility index (Phi) is 8.97. The maximum absolute atomic E-state index is 2.33. The topological polar surface area (TPSA) is 3.24 Å². The summed E-state index contributed by atoms with van der Waals surface area (Å²) in [6.45, 7) is 0. The second kappa shape index (κ2) is 14.3. The van der Waals surface area contributed by atoms with E-state index in [0.717, 1.165) is 28.2 Å². The molecule has 0 bridgehead atoms. The molecule has 224 valence electrons. The summed E-state index contributed by atoms with van der Waals surface area (Å²) in [7, 11) is 0. The van der Waals surface area contributed by atoms with E-state index in [1.807, 2.05) is 18.2 Å². The Balaban J connectivity index is 1.20. The van der Waals surface area contributed by atoms with Gasteiger partial charge in [0.25, 0.3) is 0 Å². The number of nitrogens with zero attached hydrogens (tertiary/aromatic N) is 1. The summed E-state index contributed by atoms with van der Waals surface area (Å²) in [5.74, 6) is 0. The van der Waals surface area contributed by atoms with Gasteiger partial charge in [-0.3, -0.25) is 0 Å². The van der Waals surface area contributed by atoms with Gasteiger partial charge in [-0.2, -0.15) is 0 Å². The normalized spacial score (nSPS) is 11.6. The van der Waals surface area contributed by atoms with Gasteiger partial charge in [0, 0.05) is 17.1 Å². The summed E-state index contributed by atoms with van der Waals surface area (Å²) in [5.41, 5.74) is 10.4. The Hall–Kier alpha value is -6.18. The van der Waals surface area contributed by atoms with Crippen LogP contribution < -0.4 is 4.90 Å². The van der Waals surface area contributed by atoms with E-state index in [9.17, 15) is 0 Å². The molecule has 0 aliphatic heterocycles. The summed E-state index contributed by atoms with van der Waals surface area (Å²) in [4.78, 5) is 2.33. The summed E-state index contributed by atoms with van der Waals surface area (Å²) in [5, 5.41) is 2.42. The average Bonchev–Trinajstić information content (AvgIpc) is 3.14. The highest BCUT2D eigenvalue weighted by Gasteiger charge is 2.13. The molecule has 7 aromatic carbocycles. The lowest BCUT2D eigenvalue weighted by Crippen LogP contribution is -2.09. The molecule has 7 rings (SSSR count). The predicted octanol–water partition coefficient (Wildman–Crippen LogP) is 12.8. The van der Waals surface area contributed by atoms with Gasteiger partial charge in [0.05, 0.1) is 0 Å². The first-order chi connectivity index (χ1) is 23.3. The molecule has 0 aromatic heterocycles. The second-order valence-corrected chi connectivity index (χ2v) is 11.5. The first-order valence-electron chi connectivity index (χ1n) is 16.0. The lowest BCUT2D eigenvalue weighted by Gasteiger charge is -2.26. The van der Waals surface area contributed by atoms with Crippen LogP contribution in [0.4, 0.5) is 17.1 Å². The molecule has 0 atom stereocenters. The molecule has 0 spiro atoms. The van der Waals surface area contributed by atoms with E-state index in [1.165, 1.54) is 33.0 Å². The van der Waals surface area contributed by atoms with Gasteiger partial charge >= 0.3 is 0 Å². The van der Waals surface area contributed by atoms with Gasteiger partial charge in [0.1, 0.15) is 0 Å². The smallest absolute Gasteiger partial charge is 0.0468 e. The monoisotopic (exact) mass is 601 g/mol. The van der Waals surface area contributed by atoms with Gasteiger partial charge < -0.3 is 4.90 Å². The lowest BCUT2D eigenvalue weighted by atomic mass is 10.0. The summed E-state index contributed by atoms with van der Waals surface area (Å²) in [6, 6.07) is 62.2. The predicted molar refractivity (Wildman–Crippen MR) is 205 cm³/mol. The van der Waals surface area contributed by atoms with Crippen LogP contribution >= 0.6 is 0 Å². The zero-order chi connectivity index (χ0) is 31.7. The number of benzene rings is 7. The quantitative estimate of drug-likeness (QED) is 0.149. The van der Waals surface area contributed by atoms with Gasteiger partial charge in [-0.25, -0.2) is 0 Å². The molecule has 0 fully saturated rings. The van der Waals surface area contributed by atoms with Crippen LogP contribution in [-0.4, -0.2) is 0 Å². The molecule has 47 heavy (non-hydrogen) atoms. The number of anilines is 3. The fourth-order valence-electron chi connectivity index (χ4n) is 5.68. The van der Waals surface area contributed by atoms with Crippen LogP contribution in [0.2, 0.25) is 0 Å². The Labute approximate surface area is 277 Å². The van der Waals surface area contributed by atoms with Crippen LogP contribution in [0.5, 0.6) is 0 Å². The van der Waals surface area contributed by atoms with Gasteiger partial charge in [0.15, 0.2) is 0 Å². The summed E-state index contributed by atoms with van der Waals surface area (Å²) >= 11 is 0. The number of rotatable bonds is 9. The third kappa shape index (κ3) is 7.56. The number of hydrogen-bond donors (Lipinski definition) is 0. The van der Waals surface area contributed by atoms with Crippen molar-refractivity contribution < 1.29 is 0 Å². The van der Waals surface area contributed by atoms with Crippen molar-refractivity contribution >= 4 is 64.3 Å². The minimum atomic E-state index is 1.11. The maximum atomic E-state index is 2.33.